The summed E-state index contributed by atoms with van der Waals surface area (Å²) < 4.78 is 3.93. The van der Waals surface area contributed by atoms with Gasteiger partial charge in [-0.3, -0.25) is 0 Å². The Morgan fingerprint density at radius 2 is 2.25 bits per heavy atom. The highest BCUT2D eigenvalue weighted by Crippen LogP contribution is 2.31. The van der Waals surface area contributed by atoms with Gasteiger partial charge in [0.25, 0.3) is 0 Å². The van der Waals surface area contributed by atoms with Crippen LogP contribution in [0.25, 0.3) is 0 Å². The van der Waals surface area contributed by atoms with Gasteiger partial charge in [-0.2, -0.15) is 0 Å². The van der Waals surface area contributed by atoms with Gasteiger partial charge in [0.2, 0.25) is 0 Å². The first-order chi connectivity index (χ1) is 7.72. The highest BCUT2D eigenvalue weighted by molar-refractivity contribution is 7.12. The smallest absolute Gasteiger partial charge is 0.126 e. The second-order valence-electron chi connectivity index (χ2n) is 3.68. The number of rotatable bonds is 4. The fourth-order valence-corrected chi connectivity index (χ4v) is 3.21. The van der Waals surface area contributed by atoms with Gasteiger partial charge >= 0.3 is 0 Å². The molecule has 0 aromatic carbocycles. The second-order valence-corrected chi connectivity index (χ2v) is 5.79. The van der Waals surface area contributed by atoms with Gasteiger partial charge in [-0.05, 0) is 37.0 Å². The van der Waals surface area contributed by atoms with Crippen molar-refractivity contribution < 1.29 is 5.11 Å². The molecule has 0 aliphatic carbocycles. The van der Waals surface area contributed by atoms with Crippen molar-refractivity contribution in [3.8, 4) is 0 Å². The van der Waals surface area contributed by atoms with Crippen molar-refractivity contribution in [1.29, 1.82) is 0 Å². The minimum Gasteiger partial charge on any atom is -0.382 e. The maximum atomic E-state index is 10.2. The van der Waals surface area contributed by atoms with Crippen molar-refractivity contribution in [1.82, 2.24) is 9.59 Å². The second kappa shape index (κ2) is 5.03. The molecular weight excluding hydrogens is 240 g/mol. The molecular formula is C11H14N2OS2. The Hall–Kier alpha value is -0.780. The third-order valence-corrected chi connectivity index (χ3v) is 4.22. The summed E-state index contributed by atoms with van der Waals surface area (Å²) in [6.07, 6.45) is 1.35. The monoisotopic (exact) mass is 254 g/mol. The Morgan fingerprint density at radius 3 is 2.88 bits per heavy atom. The summed E-state index contributed by atoms with van der Waals surface area (Å²) in [5, 5.41) is 14.3. The number of aryl methyl sites for hydroxylation is 2. The molecule has 16 heavy (non-hydrogen) atoms. The van der Waals surface area contributed by atoms with Gasteiger partial charge in [-0.25, -0.2) is 0 Å². The number of nitrogens with zero attached hydrogens (tertiary/aromatic N) is 2. The zero-order valence-corrected chi connectivity index (χ0v) is 10.9. The molecule has 0 fully saturated rings. The standard InChI is InChI=1S/C11H14N2OS2/c1-3-4-8-11(16-13-12-8)10(14)9-6-5-7(2)15-9/h5-6,10,14H,3-4H2,1-2H3. The number of hydrogen-bond acceptors (Lipinski definition) is 5. The zero-order chi connectivity index (χ0) is 11.5. The third kappa shape index (κ3) is 2.31. The SMILES string of the molecule is CCCc1nnsc1C(O)c1ccc(C)s1. The lowest BCUT2D eigenvalue weighted by atomic mass is 10.1. The van der Waals surface area contributed by atoms with Crippen LogP contribution in [0.4, 0.5) is 0 Å². The fraction of sp³-hybridized carbons (Fsp3) is 0.455. The Kier molecular flexibility index (Phi) is 3.68. The minimum atomic E-state index is -0.555. The summed E-state index contributed by atoms with van der Waals surface area (Å²) in [5.41, 5.74) is 0.936. The lowest BCUT2D eigenvalue weighted by Crippen LogP contribution is -1.99. The van der Waals surface area contributed by atoms with Crippen LogP contribution >= 0.6 is 22.9 Å². The third-order valence-electron chi connectivity index (χ3n) is 2.35. The van der Waals surface area contributed by atoms with E-state index >= 15 is 0 Å². The molecule has 2 heterocycles. The van der Waals surface area contributed by atoms with E-state index in [1.807, 2.05) is 19.1 Å². The lowest BCUT2D eigenvalue weighted by molar-refractivity contribution is 0.226. The van der Waals surface area contributed by atoms with Crippen molar-refractivity contribution in [3.05, 3.63) is 32.5 Å². The molecule has 0 saturated carbocycles. The summed E-state index contributed by atoms with van der Waals surface area (Å²) >= 11 is 2.92. The van der Waals surface area contributed by atoms with Crippen LogP contribution in [0.5, 0.6) is 0 Å². The average Bonchev–Trinajstić information content (AvgIpc) is 2.87. The van der Waals surface area contributed by atoms with Crippen molar-refractivity contribution >= 4 is 22.9 Å². The number of hydrogen-bond donors (Lipinski definition) is 1. The average molecular weight is 254 g/mol. The topological polar surface area (TPSA) is 46.0 Å². The van der Waals surface area contributed by atoms with Gasteiger partial charge in [0.1, 0.15) is 6.10 Å². The Morgan fingerprint density at radius 1 is 1.44 bits per heavy atom. The van der Waals surface area contributed by atoms with Crippen LogP contribution in [0.3, 0.4) is 0 Å². The van der Waals surface area contributed by atoms with Gasteiger partial charge in [0.05, 0.1) is 10.6 Å². The molecule has 2 rings (SSSR count). The van der Waals surface area contributed by atoms with E-state index in [0.717, 1.165) is 28.3 Å². The first kappa shape index (κ1) is 11.7. The van der Waals surface area contributed by atoms with Crippen molar-refractivity contribution in [3.63, 3.8) is 0 Å². The first-order valence-electron chi connectivity index (χ1n) is 5.28. The molecule has 0 spiro atoms. The van der Waals surface area contributed by atoms with E-state index in [0.29, 0.717) is 0 Å². The van der Waals surface area contributed by atoms with E-state index in [4.69, 9.17) is 0 Å². The molecule has 0 aliphatic heterocycles. The number of thiophene rings is 1. The van der Waals surface area contributed by atoms with E-state index in [9.17, 15) is 5.11 Å². The van der Waals surface area contributed by atoms with Crippen LogP contribution in [0.15, 0.2) is 12.1 Å². The van der Waals surface area contributed by atoms with Gasteiger partial charge in [0, 0.05) is 9.75 Å². The highest BCUT2D eigenvalue weighted by Gasteiger charge is 2.19. The number of aliphatic hydroxyl groups is 1. The molecule has 5 heteroatoms. The summed E-state index contributed by atoms with van der Waals surface area (Å²) in [4.78, 5) is 3.08. The van der Waals surface area contributed by atoms with Crippen LogP contribution in [-0.2, 0) is 6.42 Å². The molecule has 86 valence electrons. The van der Waals surface area contributed by atoms with E-state index in [-0.39, 0.29) is 0 Å². The maximum absolute atomic E-state index is 10.2. The van der Waals surface area contributed by atoms with Crippen LogP contribution in [0, 0.1) is 6.92 Å². The number of aromatic nitrogens is 2. The molecule has 0 amide bonds. The van der Waals surface area contributed by atoms with E-state index < -0.39 is 6.10 Å². The molecule has 0 radical (unpaired) electrons. The quantitative estimate of drug-likeness (QED) is 0.912. The molecule has 1 unspecified atom stereocenters. The fourth-order valence-electron chi connectivity index (χ4n) is 1.56. The normalized spacial score (nSPS) is 12.9. The van der Waals surface area contributed by atoms with Crippen LogP contribution < -0.4 is 0 Å². The van der Waals surface area contributed by atoms with E-state index in [2.05, 4.69) is 16.5 Å². The van der Waals surface area contributed by atoms with Gasteiger partial charge < -0.3 is 5.11 Å². The Bertz CT molecular complexity index is 464. The predicted octanol–water partition coefficient (Wildman–Crippen LogP) is 2.94. The lowest BCUT2D eigenvalue weighted by Gasteiger charge is -2.06. The van der Waals surface area contributed by atoms with E-state index in [1.54, 1.807) is 11.3 Å². The molecule has 2 aromatic heterocycles. The largest absolute Gasteiger partial charge is 0.382 e. The van der Waals surface area contributed by atoms with Gasteiger partial charge in [-0.1, -0.05) is 17.8 Å². The van der Waals surface area contributed by atoms with Gasteiger partial charge in [0.15, 0.2) is 0 Å². The molecule has 0 aliphatic rings. The van der Waals surface area contributed by atoms with E-state index in [1.165, 1.54) is 16.4 Å². The van der Waals surface area contributed by atoms with Crippen molar-refractivity contribution in [2.75, 3.05) is 0 Å². The zero-order valence-electron chi connectivity index (χ0n) is 9.30. The molecule has 2 aromatic rings. The summed E-state index contributed by atoms with van der Waals surface area (Å²) in [6.45, 7) is 4.14. The number of aliphatic hydroxyl groups excluding tert-OH is 1. The molecule has 0 saturated heterocycles. The molecule has 0 bridgehead atoms. The Balaban J connectivity index is 2.26. The predicted molar refractivity (Wildman–Crippen MR) is 67.0 cm³/mol. The minimum absolute atomic E-state index is 0.555. The van der Waals surface area contributed by atoms with Crippen molar-refractivity contribution in [2.45, 2.75) is 32.8 Å². The molecule has 1 N–H and O–H groups in total. The molecule has 1 atom stereocenters. The molecule has 3 nitrogen and oxygen atoms in total. The summed E-state index contributed by atoms with van der Waals surface area (Å²) in [6, 6.07) is 4.00. The van der Waals surface area contributed by atoms with Crippen LogP contribution in [0.1, 0.15) is 39.8 Å². The van der Waals surface area contributed by atoms with Crippen LogP contribution in [-0.4, -0.2) is 14.7 Å². The Labute approximate surface area is 103 Å². The highest BCUT2D eigenvalue weighted by atomic mass is 32.1. The van der Waals surface area contributed by atoms with Crippen molar-refractivity contribution in [2.24, 2.45) is 0 Å². The van der Waals surface area contributed by atoms with Crippen LogP contribution in [0.2, 0.25) is 0 Å². The summed E-state index contributed by atoms with van der Waals surface area (Å²) in [7, 11) is 0. The van der Waals surface area contributed by atoms with Gasteiger partial charge in [-0.15, -0.1) is 16.4 Å². The first-order valence-corrected chi connectivity index (χ1v) is 6.87. The summed E-state index contributed by atoms with van der Waals surface area (Å²) in [5.74, 6) is 0. The maximum Gasteiger partial charge on any atom is 0.126 e.